The van der Waals surface area contributed by atoms with Crippen LogP contribution in [0, 0.1) is 0 Å². The predicted octanol–water partition coefficient (Wildman–Crippen LogP) is 5.49. The number of ether oxygens (including phenoxy) is 2. The Hall–Kier alpha value is -3.09. The van der Waals surface area contributed by atoms with Crippen molar-refractivity contribution in [2.45, 2.75) is 6.92 Å². The molecule has 1 heterocycles. The van der Waals surface area contributed by atoms with E-state index in [0.717, 1.165) is 27.8 Å². The predicted molar refractivity (Wildman–Crippen MR) is 128 cm³/mol. The fourth-order valence-corrected chi connectivity index (χ4v) is 4.46. The number of carbonyl (C=O) groups excluding carboxylic acids is 1. The second kappa shape index (κ2) is 9.81. The second-order valence-electron chi connectivity index (χ2n) is 6.90. The highest BCUT2D eigenvalue weighted by Crippen LogP contribution is 2.36. The van der Waals surface area contributed by atoms with E-state index in [1.54, 1.807) is 12.0 Å². The molecule has 0 N–H and O–H groups in total. The number of methoxy groups -OCH3 is 1. The molecule has 3 aromatic rings. The van der Waals surface area contributed by atoms with Crippen LogP contribution in [0.5, 0.6) is 5.75 Å². The summed E-state index contributed by atoms with van der Waals surface area (Å²) in [7, 11) is 1.67. The summed E-state index contributed by atoms with van der Waals surface area (Å²) in [5.74, 6) is 0.757. The molecule has 0 bridgehead atoms. The fraction of sp³-hybridized carbons (Fsp3) is 0.200. The lowest BCUT2D eigenvalue weighted by Crippen LogP contribution is -2.32. The molecule has 0 aromatic heterocycles. The number of aliphatic imine (C=N–C) groups is 1. The summed E-state index contributed by atoms with van der Waals surface area (Å²) in [6.45, 7) is 3.49. The summed E-state index contributed by atoms with van der Waals surface area (Å²) >= 11 is 1.39. The molecule has 6 heteroatoms. The molecule has 0 radical (unpaired) electrons. The quantitative estimate of drug-likeness (QED) is 0.366. The zero-order valence-corrected chi connectivity index (χ0v) is 18.4. The third-order valence-corrected chi connectivity index (χ3v) is 5.96. The van der Waals surface area contributed by atoms with Gasteiger partial charge in [0.1, 0.15) is 5.75 Å². The van der Waals surface area contributed by atoms with Gasteiger partial charge < -0.3 is 9.47 Å². The zero-order chi connectivity index (χ0) is 21.6. The van der Waals surface area contributed by atoms with Crippen LogP contribution in [0.1, 0.15) is 12.5 Å². The molecule has 158 valence electrons. The maximum absolute atomic E-state index is 13.2. The van der Waals surface area contributed by atoms with Crippen LogP contribution < -0.4 is 4.74 Å². The first-order valence-corrected chi connectivity index (χ1v) is 11.0. The molecule has 4 rings (SSSR count). The van der Waals surface area contributed by atoms with Crippen LogP contribution in [-0.2, 0) is 9.53 Å². The minimum Gasteiger partial charge on any atom is -0.496 e. The molecule has 0 atom stereocenters. The average Bonchev–Trinajstić information content (AvgIpc) is 3.09. The van der Waals surface area contributed by atoms with Gasteiger partial charge in [0, 0.05) is 12.0 Å². The highest BCUT2D eigenvalue weighted by atomic mass is 32.2. The molecule has 31 heavy (non-hydrogen) atoms. The van der Waals surface area contributed by atoms with Gasteiger partial charge in [0.15, 0.2) is 5.17 Å². The van der Waals surface area contributed by atoms with Crippen molar-refractivity contribution >= 4 is 45.4 Å². The Balaban J connectivity index is 1.72. The number of para-hydroxylation sites is 1. The van der Waals surface area contributed by atoms with Crippen LogP contribution in [0.25, 0.3) is 16.8 Å². The van der Waals surface area contributed by atoms with E-state index >= 15 is 0 Å². The van der Waals surface area contributed by atoms with Crippen LogP contribution >= 0.6 is 11.8 Å². The number of hydrogen-bond acceptors (Lipinski definition) is 5. The Labute approximate surface area is 186 Å². The zero-order valence-electron chi connectivity index (χ0n) is 17.6. The van der Waals surface area contributed by atoms with Crippen LogP contribution in [0.15, 0.2) is 76.6 Å². The number of amides is 1. The van der Waals surface area contributed by atoms with Gasteiger partial charge in [-0.25, -0.2) is 4.99 Å². The molecule has 1 aliphatic heterocycles. The molecule has 0 unspecified atom stereocenters. The molecule has 3 aromatic carbocycles. The van der Waals surface area contributed by atoms with Crippen LogP contribution in [-0.4, -0.2) is 42.8 Å². The summed E-state index contributed by atoms with van der Waals surface area (Å²) < 4.78 is 11.0. The number of thioether (sulfide) groups is 1. The molecular formula is C25H24N2O3S. The number of hydrogen-bond donors (Lipinski definition) is 0. The summed E-state index contributed by atoms with van der Waals surface area (Å²) in [6, 6.07) is 21.6. The Morgan fingerprint density at radius 1 is 1.00 bits per heavy atom. The third-order valence-electron chi connectivity index (χ3n) is 4.96. The van der Waals surface area contributed by atoms with Gasteiger partial charge in [-0.3, -0.25) is 9.69 Å². The molecule has 1 saturated heterocycles. The lowest BCUT2D eigenvalue weighted by atomic mass is 10.0. The van der Waals surface area contributed by atoms with E-state index < -0.39 is 0 Å². The van der Waals surface area contributed by atoms with Crippen LogP contribution in [0.4, 0.5) is 5.69 Å². The number of fused-ring (bicyclic) bond motifs is 1. The Bertz CT molecular complexity index is 1140. The fourth-order valence-electron chi connectivity index (χ4n) is 3.44. The standard InChI is InChI=1S/C25H24N2O3S/c1-3-30-16-15-27-24(28)23(31-25(27)26-19-9-5-4-6-10-19)17-18-13-14-22(29-2)21-12-8-7-11-20(18)21/h4-14,17H,3,15-16H2,1-2H3/b23-17-,26-25?. The summed E-state index contributed by atoms with van der Waals surface area (Å²) in [6.07, 6.45) is 1.94. The number of benzene rings is 3. The van der Waals surface area contributed by atoms with E-state index in [-0.39, 0.29) is 5.91 Å². The van der Waals surface area contributed by atoms with Gasteiger partial charge in [0.05, 0.1) is 30.9 Å². The van der Waals surface area contributed by atoms with Crippen molar-refractivity contribution in [2.24, 2.45) is 4.99 Å². The summed E-state index contributed by atoms with van der Waals surface area (Å²) in [5, 5.41) is 2.72. The highest BCUT2D eigenvalue weighted by molar-refractivity contribution is 8.18. The highest BCUT2D eigenvalue weighted by Gasteiger charge is 2.33. The molecule has 0 aliphatic carbocycles. The first-order chi connectivity index (χ1) is 15.2. The monoisotopic (exact) mass is 432 g/mol. The number of nitrogens with zero attached hydrogens (tertiary/aromatic N) is 2. The Kier molecular flexibility index (Phi) is 6.70. The molecule has 1 fully saturated rings. The van der Waals surface area contributed by atoms with Crippen LogP contribution in [0.2, 0.25) is 0 Å². The third kappa shape index (κ3) is 4.65. The van der Waals surface area contributed by atoms with E-state index in [2.05, 4.69) is 0 Å². The van der Waals surface area contributed by atoms with Gasteiger partial charge in [-0.2, -0.15) is 0 Å². The van der Waals surface area contributed by atoms with Gasteiger partial charge in [-0.05, 0) is 53.9 Å². The SMILES string of the molecule is CCOCCN1C(=O)/C(=C/c2ccc(OC)c3ccccc23)SC1=Nc1ccccc1. The summed E-state index contributed by atoms with van der Waals surface area (Å²) in [4.78, 5) is 20.3. The van der Waals surface area contributed by atoms with E-state index in [4.69, 9.17) is 14.5 Å². The van der Waals surface area contributed by atoms with Gasteiger partial charge in [0.25, 0.3) is 5.91 Å². The molecule has 5 nitrogen and oxygen atoms in total. The minimum atomic E-state index is -0.0562. The average molecular weight is 433 g/mol. The van der Waals surface area contributed by atoms with Gasteiger partial charge >= 0.3 is 0 Å². The number of rotatable bonds is 7. The molecular weight excluding hydrogens is 408 g/mol. The van der Waals surface area contributed by atoms with E-state index in [0.29, 0.717) is 29.8 Å². The van der Waals surface area contributed by atoms with Crippen molar-refractivity contribution in [2.75, 3.05) is 26.9 Å². The molecule has 0 spiro atoms. The maximum atomic E-state index is 13.2. The topological polar surface area (TPSA) is 51.1 Å². The number of carbonyl (C=O) groups is 1. The van der Waals surface area contributed by atoms with Gasteiger partial charge in [-0.15, -0.1) is 0 Å². The van der Waals surface area contributed by atoms with Crippen molar-refractivity contribution < 1.29 is 14.3 Å². The normalized spacial score (nSPS) is 16.6. The Morgan fingerprint density at radius 2 is 1.74 bits per heavy atom. The first-order valence-electron chi connectivity index (χ1n) is 10.2. The van der Waals surface area contributed by atoms with E-state index in [1.807, 2.05) is 79.7 Å². The minimum absolute atomic E-state index is 0.0562. The molecule has 0 saturated carbocycles. The molecule has 1 amide bonds. The van der Waals surface area contributed by atoms with Crippen molar-refractivity contribution in [1.29, 1.82) is 0 Å². The summed E-state index contributed by atoms with van der Waals surface area (Å²) in [5.41, 5.74) is 1.79. The van der Waals surface area contributed by atoms with Crippen molar-refractivity contribution in [3.05, 3.63) is 77.2 Å². The van der Waals surface area contributed by atoms with Crippen molar-refractivity contribution in [3.8, 4) is 5.75 Å². The van der Waals surface area contributed by atoms with E-state index in [9.17, 15) is 4.79 Å². The Morgan fingerprint density at radius 3 is 2.48 bits per heavy atom. The maximum Gasteiger partial charge on any atom is 0.266 e. The lowest BCUT2D eigenvalue weighted by Gasteiger charge is -2.15. The smallest absolute Gasteiger partial charge is 0.266 e. The van der Waals surface area contributed by atoms with Crippen LogP contribution in [0.3, 0.4) is 0 Å². The lowest BCUT2D eigenvalue weighted by molar-refractivity contribution is -0.122. The van der Waals surface area contributed by atoms with E-state index in [1.165, 1.54) is 11.8 Å². The second-order valence-corrected chi connectivity index (χ2v) is 7.91. The van der Waals surface area contributed by atoms with Crippen molar-refractivity contribution in [3.63, 3.8) is 0 Å². The van der Waals surface area contributed by atoms with Gasteiger partial charge in [-0.1, -0.05) is 48.5 Å². The van der Waals surface area contributed by atoms with Gasteiger partial charge in [0.2, 0.25) is 0 Å². The number of amidine groups is 1. The first kappa shape index (κ1) is 21.2. The molecule has 1 aliphatic rings. The van der Waals surface area contributed by atoms with Crippen molar-refractivity contribution in [1.82, 2.24) is 4.90 Å². The largest absolute Gasteiger partial charge is 0.496 e.